The Morgan fingerprint density at radius 2 is 1.80 bits per heavy atom. The van der Waals surface area contributed by atoms with E-state index in [-0.39, 0.29) is 12.3 Å². The number of hydrogen-bond donors (Lipinski definition) is 0. The van der Waals surface area contributed by atoms with Crippen molar-refractivity contribution in [3.63, 3.8) is 0 Å². The standard InChI is InChI=1S/C24H21ClN2O2S/c1-16-12-13-20(29-2)22-23(16)30-24(26-22)27(15-17-8-4-3-5-9-17)21(28)14-18-10-6-7-11-19(18)25/h3-13H,14-15H2,1-2H3. The molecule has 1 aromatic heterocycles. The van der Waals surface area contributed by atoms with Crippen LogP contribution in [0.25, 0.3) is 10.2 Å². The summed E-state index contributed by atoms with van der Waals surface area (Å²) in [4.78, 5) is 19.9. The van der Waals surface area contributed by atoms with Crippen molar-refractivity contribution in [2.24, 2.45) is 0 Å². The Bertz CT molecular complexity index is 1190. The van der Waals surface area contributed by atoms with Gasteiger partial charge in [-0.25, -0.2) is 4.98 Å². The number of thiazole rings is 1. The molecule has 3 aromatic carbocycles. The van der Waals surface area contributed by atoms with Gasteiger partial charge in [0.1, 0.15) is 11.3 Å². The third kappa shape index (κ3) is 4.18. The first-order valence-corrected chi connectivity index (χ1v) is 10.8. The predicted molar refractivity (Wildman–Crippen MR) is 124 cm³/mol. The number of carbonyl (C=O) groups is 1. The van der Waals surface area contributed by atoms with E-state index < -0.39 is 0 Å². The van der Waals surface area contributed by atoms with Crippen LogP contribution in [0.5, 0.6) is 5.75 Å². The smallest absolute Gasteiger partial charge is 0.233 e. The summed E-state index contributed by atoms with van der Waals surface area (Å²) >= 11 is 7.81. The number of amides is 1. The molecule has 1 heterocycles. The molecule has 0 aliphatic carbocycles. The number of aryl methyl sites for hydroxylation is 1. The maximum absolute atomic E-state index is 13.4. The number of hydrogen-bond acceptors (Lipinski definition) is 4. The van der Waals surface area contributed by atoms with E-state index in [2.05, 4.69) is 0 Å². The van der Waals surface area contributed by atoms with Gasteiger partial charge >= 0.3 is 0 Å². The molecule has 0 fully saturated rings. The average molecular weight is 437 g/mol. The highest BCUT2D eigenvalue weighted by molar-refractivity contribution is 7.22. The Balaban J connectivity index is 1.75. The molecule has 4 nitrogen and oxygen atoms in total. The summed E-state index contributed by atoms with van der Waals surface area (Å²) in [5.41, 5.74) is 3.72. The molecule has 1 amide bonds. The SMILES string of the molecule is COc1ccc(C)c2sc(N(Cc3ccccc3)C(=O)Cc3ccccc3Cl)nc12. The van der Waals surface area contributed by atoms with Gasteiger partial charge in [-0.3, -0.25) is 9.69 Å². The van der Waals surface area contributed by atoms with E-state index in [1.165, 1.54) is 11.3 Å². The van der Waals surface area contributed by atoms with Crippen molar-refractivity contribution in [1.82, 2.24) is 4.98 Å². The highest BCUT2D eigenvalue weighted by atomic mass is 35.5. The van der Waals surface area contributed by atoms with Gasteiger partial charge < -0.3 is 4.74 Å². The van der Waals surface area contributed by atoms with Crippen molar-refractivity contribution >= 4 is 44.2 Å². The second kappa shape index (κ2) is 8.86. The summed E-state index contributed by atoms with van der Waals surface area (Å²) in [6.45, 7) is 2.47. The second-order valence-corrected chi connectivity index (χ2v) is 8.38. The minimum Gasteiger partial charge on any atom is -0.494 e. The maximum Gasteiger partial charge on any atom is 0.233 e. The Morgan fingerprint density at radius 1 is 1.07 bits per heavy atom. The lowest BCUT2D eigenvalue weighted by molar-refractivity contribution is -0.118. The van der Waals surface area contributed by atoms with Crippen molar-refractivity contribution < 1.29 is 9.53 Å². The van der Waals surface area contributed by atoms with Gasteiger partial charge in [0.15, 0.2) is 5.13 Å². The number of anilines is 1. The van der Waals surface area contributed by atoms with Crippen LogP contribution in [0.4, 0.5) is 5.13 Å². The van der Waals surface area contributed by atoms with Crippen LogP contribution in [0.3, 0.4) is 0 Å². The van der Waals surface area contributed by atoms with Crippen LogP contribution in [0.2, 0.25) is 5.02 Å². The monoisotopic (exact) mass is 436 g/mol. The van der Waals surface area contributed by atoms with Crippen molar-refractivity contribution in [2.75, 3.05) is 12.0 Å². The van der Waals surface area contributed by atoms with E-state index >= 15 is 0 Å². The number of halogens is 1. The molecule has 30 heavy (non-hydrogen) atoms. The number of benzene rings is 3. The molecule has 152 valence electrons. The molecule has 0 aliphatic heterocycles. The number of aromatic nitrogens is 1. The fourth-order valence-electron chi connectivity index (χ4n) is 3.31. The molecule has 6 heteroatoms. The molecule has 0 bridgehead atoms. The molecule has 0 radical (unpaired) electrons. The summed E-state index contributed by atoms with van der Waals surface area (Å²) in [6, 6.07) is 21.3. The van der Waals surface area contributed by atoms with E-state index in [1.54, 1.807) is 18.1 Å². The fraction of sp³-hybridized carbons (Fsp3) is 0.167. The van der Waals surface area contributed by atoms with E-state index in [4.69, 9.17) is 21.3 Å². The van der Waals surface area contributed by atoms with Gasteiger partial charge in [-0.2, -0.15) is 0 Å². The number of fused-ring (bicyclic) bond motifs is 1. The summed E-state index contributed by atoms with van der Waals surface area (Å²) in [5, 5.41) is 1.24. The first kappa shape index (κ1) is 20.4. The summed E-state index contributed by atoms with van der Waals surface area (Å²) in [5.74, 6) is 0.652. The number of carbonyl (C=O) groups excluding carboxylic acids is 1. The van der Waals surface area contributed by atoms with Crippen LogP contribution in [-0.2, 0) is 17.8 Å². The summed E-state index contributed by atoms with van der Waals surface area (Å²) in [6.07, 6.45) is 0.207. The summed E-state index contributed by atoms with van der Waals surface area (Å²) < 4.78 is 6.51. The van der Waals surface area contributed by atoms with Crippen molar-refractivity contribution in [2.45, 2.75) is 19.9 Å². The molecule has 0 N–H and O–H groups in total. The highest BCUT2D eigenvalue weighted by Crippen LogP contribution is 2.37. The quantitative estimate of drug-likeness (QED) is 0.370. The lowest BCUT2D eigenvalue weighted by atomic mass is 10.1. The highest BCUT2D eigenvalue weighted by Gasteiger charge is 2.23. The lowest BCUT2D eigenvalue weighted by Crippen LogP contribution is -2.31. The van der Waals surface area contributed by atoms with Crippen LogP contribution >= 0.6 is 22.9 Å². The second-order valence-electron chi connectivity index (χ2n) is 6.99. The van der Waals surface area contributed by atoms with Gasteiger partial charge in [-0.15, -0.1) is 0 Å². The minimum atomic E-state index is -0.0531. The zero-order valence-electron chi connectivity index (χ0n) is 16.8. The normalized spacial score (nSPS) is 10.9. The third-order valence-corrected chi connectivity index (χ3v) is 6.51. The Morgan fingerprint density at radius 3 is 2.53 bits per heavy atom. The lowest BCUT2D eigenvalue weighted by Gasteiger charge is -2.20. The molecular weight excluding hydrogens is 416 g/mol. The predicted octanol–water partition coefficient (Wildman–Crippen LogP) is 6.04. The first-order valence-electron chi connectivity index (χ1n) is 9.58. The Hall–Kier alpha value is -2.89. The number of methoxy groups -OCH3 is 1. The largest absolute Gasteiger partial charge is 0.494 e. The van der Waals surface area contributed by atoms with Crippen LogP contribution in [-0.4, -0.2) is 18.0 Å². The van der Waals surface area contributed by atoms with Gasteiger partial charge in [0, 0.05) is 5.02 Å². The molecule has 0 saturated carbocycles. The first-order chi connectivity index (χ1) is 14.6. The van der Waals surface area contributed by atoms with Gasteiger partial charge in [0.25, 0.3) is 0 Å². The minimum absolute atomic E-state index is 0.0531. The molecule has 0 spiro atoms. The van der Waals surface area contributed by atoms with Gasteiger partial charge in [0.05, 0.1) is 24.8 Å². The molecule has 0 aliphatic rings. The van der Waals surface area contributed by atoms with Crippen LogP contribution in [0.1, 0.15) is 16.7 Å². The van der Waals surface area contributed by atoms with Crippen molar-refractivity contribution in [3.05, 3.63) is 88.4 Å². The van der Waals surface area contributed by atoms with E-state index in [9.17, 15) is 4.79 Å². The van der Waals surface area contributed by atoms with Crippen molar-refractivity contribution in [3.8, 4) is 5.75 Å². The Labute approximate surface area is 184 Å². The molecule has 4 rings (SSSR count). The molecule has 0 unspecified atom stereocenters. The van der Waals surface area contributed by atoms with Gasteiger partial charge in [0.2, 0.25) is 5.91 Å². The van der Waals surface area contributed by atoms with Crippen molar-refractivity contribution in [1.29, 1.82) is 0 Å². The summed E-state index contributed by atoms with van der Waals surface area (Å²) in [7, 11) is 1.63. The number of ether oxygens (including phenoxy) is 1. The molecular formula is C24H21ClN2O2S. The van der Waals surface area contributed by atoms with Gasteiger partial charge in [-0.1, -0.05) is 77.5 Å². The van der Waals surface area contributed by atoms with Crippen LogP contribution < -0.4 is 9.64 Å². The average Bonchev–Trinajstić information content (AvgIpc) is 3.21. The molecule has 0 atom stereocenters. The zero-order chi connectivity index (χ0) is 21.1. The van der Waals surface area contributed by atoms with Gasteiger partial charge in [-0.05, 0) is 35.7 Å². The zero-order valence-corrected chi connectivity index (χ0v) is 18.3. The molecule has 4 aromatic rings. The topological polar surface area (TPSA) is 42.4 Å². The van der Waals surface area contributed by atoms with Crippen LogP contribution in [0, 0.1) is 6.92 Å². The fourth-order valence-corrected chi connectivity index (χ4v) is 4.58. The molecule has 0 saturated heterocycles. The van der Waals surface area contributed by atoms with E-state index in [0.29, 0.717) is 22.4 Å². The number of rotatable bonds is 6. The number of nitrogens with zero attached hydrogens (tertiary/aromatic N) is 2. The van der Waals surface area contributed by atoms with E-state index in [1.807, 2.05) is 67.6 Å². The third-order valence-electron chi connectivity index (χ3n) is 4.93. The maximum atomic E-state index is 13.4. The Kier molecular flexibility index (Phi) is 6.02. The van der Waals surface area contributed by atoms with E-state index in [0.717, 1.165) is 26.9 Å². The van der Waals surface area contributed by atoms with Crippen LogP contribution in [0.15, 0.2) is 66.7 Å².